The fraction of sp³-hybridized carbons (Fsp3) is 0.667. The highest BCUT2D eigenvalue weighted by Crippen LogP contribution is 2.26. The van der Waals surface area contributed by atoms with Gasteiger partial charge in [0.1, 0.15) is 5.75 Å². The Kier molecular flexibility index (Phi) is 6.13. The van der Waals surface area contributed by atoms with Gasteiger partial charge in [-0.2, -0.15) is 0 Å². The number of nitrogens with one attached hydrogen (secondary N) is 1. The summed E-state index contributed by atoms with van der Waals surface area (Å²) < 4.78 is 5.46. The Morgan fingerprint density at radius 3 is 2.67 bits per heavy atom. The molecule has 0 aliphatic carbocycles. The van der Waals surface area contributed by atoms with E-state index in [0.717, 1.165) is 24.3 Å². The SMILES string of the molecule is CCCC(CNC)Cc1ncc(C)c(OC)c1C. The topological polar surface area (TPSA) is 34.2 Å². The molecule has 102 valence electrons. The molecule has 3 heteroatoms. The van der Waals surface area contributed by atoms with Crippen LogP contribution in [-0.2, 0) is 6.42 Å². The van der Waals surface area contributed by atoms with Gasteiger partial charge in [0.25, 0.3) is 0 Å². The summed E-state index contributed by atoms with van der Waals surface area (Å²) in [5.74, 6) is 1.64. The van der Waals surface area contributed by atoms with Crippen LogP contribution in [-0.4, -0.2) is 25.7 Å². The molecule has 0 spiro atoms. The summed E-state index contributed by atoms with van der Waals surface area (Å²) >= 11 is 0. The van der Waals surface area contributed by atoms with E-state index in [4.69, 9.17) is 4.74 Å². The molecule has 1 heterocycles. The zero-order chi connectivity index (χ0) is 13.5. The van der Waals surface area contributed by atoms with Gasteiger partial charge in [0.15, 0.2) is 0 Å². The number of nitrogens with zero attached hydrogens (tertiary/aromatic N) is 1. The Hall–Kier alpha value is -1.09. The van der Waals surface area contributed by atoms with Crippen molar-refractivity contribution < 1.29 is 4.74 Å². The van der Waals surface area contributed by atoms with Gasteiger partial charge in [0, 0.05) is 23.0 Å². The standard InChI is InChI=1S/C15H26N2O/c1-6-7-13(10-16-4)8-14-12(3)15(18-5)11(2)9-17-14/h9,13,16H,6-8,10H2,1-5H3. The third-order valence-corrected chi connectivity index (χ3v) is 3.42. The molecule has 0 fully saturated rings. The molecule has 1 N–H and O–H groups in total. The van der Waals surface area contributed by atoms with E-state index in [1.807, 2.05) is 20.2 Å². The third kappa shape index (κ3) is 3.70. The van der Waals surface area contributed by atoms with Crippen LogP contribution in [0.3, 0.4) is 0 Å². The number of hydrogen-bond donors (Lipinski definition) is 1. The molecular formula is C15H26N2O. The minimum atomic E-state index is 0.651. The fourth-order valence-corrected chi connectivity index (χ4v) is 2.52. The second kappa shape index (κ2) is 7.37. The van der Waals surface area contributed by atoms with Crippen molar-refractivity contribution in [2.75, 3.05) is 20.7 Å². The van der Waals surface area contributed by atoms with E-state index in [1.165, 1.54) is 24.1 Å². The van der Waals surface area contributed by atoms with E-state index in [9.17, 15) is 0 Å². The Bertz CT molecular complexity index is 371. The lowest BCUT2D eigenvalue weighted by Crippen LogP contribution is -2.21. The van der Waals surface area contributed by atoms with Gasteiger partial charge >= 0.3 is 0 Å². The minimum Gasteiger partial charge on any atom is -0.496 e. The largest absolute Gasteiger partial charge is 0.496 e. The van der Waals surface area contributed by atoms with Crippen LogP contribution in [0.15, 0.2) is 6.20 Å². The van der Waals surface area contributed by atoms with Crippen molar-refractivity contribution in [2.45, 2.75) is 40.0 Å². The zero-order valence-electron chi connectivity index (χ0n) is 12.3. The van der Waals surface area contributed by atoms with Crippen LogP contribution in [0.4, 0.5) is 0 Å². The third-order valence-electron chi connectivity index (χ3n) is 3.42. The second-order valence-corrected chi connectivity index (χ2v) is 4.96. The summed E-state index contributed by atoms with van der Waals surface area (Å²) in [5, 5.41) is 3.27. The lowest BCUT2D eigenvalue weighted by atomic mass is 9.95. The van der Waals surface area contributed by atoms with E-state index < -0.39 is 0 Å². The number of aryl methyl sites for hydroxylation is 1. The lowest BCUT2D eigenvalue weighted by molar-refractivity contribution is 0.404. The lowest BCUT2D eigenvalue weighted by Gasteiger charge is -2.18. The van der Waals surface area contributed by atoms with Crippen LogP contribution in [0.5, 0.6) is 5.75 Å². The summed E-state index contributed by atoms with van der Waals surface area (Å²) in [4.78, 5) is 4.58. The summed E-state index contributed by atoms with van der Waals surface area (Å²) in [6.45, 7) is 7.43. The molecule has 0 saturated heterocycles. The van der Waals surface area contributed by atoms with E-state index >= 15 is 0 Å². The quantitative estimate of drug-likeness (QED) is 0.808. The number of aromatic nitrogens is 1. The van der Waals surface area contributed by atoms with Crippen molar-refractivity contribution >= 4 is 0 Å². The van der Waals surface area contributed by atoms with Crippen molar-refractivity contribution in [2.24, 2.45) is 5.92 Å². The minimum absolute atomic E-state index is 0.651. The first kappa shape index (κ1) is 15.0. The van der Waals surface area contributed by atoms with E-state index in [-0.39, 0.29) is 0 Å². The molecule has 0 saturated carbocycles. The molecule has 0 bridgehead atoms. The molecule has 1 aromatic heterocycles. The normalized spacial score (nSPS) is 12.5. The molecule has 0 aliphatic heterocycles. The van der Waals surface area contributed by atoms with Gasteiger partial charge in [0.05, 0.1) is 7.11 Å². The maximum Gasteiger partial charge on any atom is 0.128 e. The summed E-state index contributed by atoms with van der Waals surface area (Å²) in [5.41, 5.74) is 3.47. The van der Waals surface area contributed by atoms with Crippen LogP contribution < -0.4 is 10.1 Å². The van der Waals surface area contributed by atoms with Crippen LogP contribution in [0, 0.1) is 19.8 Å². The zero-order valence-corrected chi connectivity index (χ0v) is 12.3. The Labute approximate surface area is 111 Å². The highest BCUT2D eigenvalue weighted by atomic mass is 16.5. The van der Waals surface area contributed by atoms with E-state index in [2.05, 4.69) is 24.1 Å². The number of rotatable bonds is 7. The molecule has 18 heavy (non-hydrogen) atoms. The first-order valence-corrected chi connectivity index (χ1v) is 6.77. The number of ether oxygens (including phenoxy) is 1. The Morgan fingerprint density at radius 1 is 1.39 bits per heavy atom. The van der Waals surface area contributed by atoms with Gasteiger partial charge < -0.3 is 10.1 Å². The van der Waals surface area contributed by atoms with Gasteiger partial charge in [-0.3, -0.25) is 4.98 Å². The molecule has 0 amide bonds. The second-order valence-electron chi connectivity index (χ2n) is 4.96. The molecule has 1 rings (SSSR count). The molecule has 0 radical (unpaired) electrons. The smallest absolute Gasteiger partial charge is 0.128 e. The average Bonchev–Trinajstić information content (AvgIpc) is 2.34. The number of methoxy groups -OCH3 is 1. The predicted molar refractivity (Wildman–Crippen MR) is 76.3 cm³/mol. The van der Waals surface area contributed by atoms with Crippen LogP contribution >= 0.6 is 0 Å². The first-order chi connectivity index (χ1) is 8.63. The molecular weight excluding hydrogens is 224 g/mol. The van der Waals surface area contributed by atoms with Crippen LogP contribution in [0.1, 0.15) is 36.6 Å². The average molecular weight is 250 g/mol. The maximum absolute atomic E-state index is 5.46. The van der Waals surface area contributed by atoms with Gasteiger partial charge in [-0.15, -0.1) is 0 Å². The highest BCUT2D eigenvalue weighted by Gasteiger charge is 2.14. The fourth-order valence-electron chi connectivity index (χ4n) is 2.52. The van der Waals surface area contributed by atoms with Crippen LogP contribution in [0.25, 0.3) is 0 Å². The van der Waals surface area contributed by atoms with Gasteiger partial charge in [-0.05, 0) is 46.2 Å². The van der Waals surface area contributed by atoms with Crippen molar-refractivity contribution in [3.63, 3.8) is 0 Å². The summed E-state index contributed by atoms with van der Waals surface area (Å²) in [6, 6.07) is 0. The van der Waals surface area contributed by atoms with Gasteiger partial charge in [0.2, 0.25) is 0 Å². The molecule has 0 aromatic carbocycles. The highest BCUT2D eigenvalue weighted by molar-refractivity contribution is 5.41. The van der Waals surface area contributed by atoms with E-state index in [0.29, 0.717) is 5.92 Å². The molecule has 3 nitrogen and oxygen atoms in total. The predicted octanol–water partition coefficient (Wildman–Crippen LogP) is 2.89. The molecule has 1 aromatic rings. The number of pyridine rings is 1. The number of hydrogen-bond acceptors (Lipinski definition) is 3. The van der Waals surface area contributed by atoms with E-state index in [1.54, 1.807) is 7.11 Å². The van der Waals surface area contributed by atoms with Crippen LogP contribution in [0.2, 0.25) is 0 Å². The summed E-state index contributed by atoms with van der Waals surface area (Å²) in [6.07, 6.45) is 5.40. The molecule has 1 atom stereocenters. The molecule has 1 unspecified atom stereocenters. The van der Waals surface area contributed by atoms with Crippen molar-refractivity contribution in [1.29, 1.82) is 0 Å². The van der Waals surface area contributed by atoms with Gasteiger partial charge in [-0.25, -0.2) is 0 Å². The monoisotopic (exact) mass is 250 g/mol. The Morgan fingerprint density at radius 2 is 2.11 bits per heavy atom. The van der Waals surface area contributed by atoms with Crippen molar-refractivity contribution in [3.05, 3.63) is 23.0 Å². The molecule has 0 aliphatic rings. The Balaban J connectivity index is 2.88. The maximum atomic E-state index is 5.46. The van der Waals surface area contributed by atoms with Crippen molar-refractivity contribution in [1.82, 2.24) is 10.3 Å². The van der Waals surface area contributed by atoms with Crippen molar-refractivity contribution in [3.8, 4) is 5.75 Å². The summed E-state index contributed by atoms with van der Waals surface area (Å²) in [7, 11) is 3.74. The van der Waals surface area contributed by atoms with Gasteiger partial charge in [-0.1, -0.05) is 13.3 Å². The first-order valence-electron chi connectivity index (χ1n) is 6.77.